The summed E-state index contributed by atoms with van der Waals surface area (Å²) in [5.41, 5.74) is 2.30. The Morgan fingerprint density at radius 3 is 2.67 bits per heavy atom. The number of aromatic nitrogens is 1. The zero-order chi connectivity index (χ0) is 18.7. The van der Waals surface area contributed by atoms with Gasteiger partial charge in [-0.15, -0.1) is 0 Å². The number of benzene rings is 1. The first-order valence-electron chi connectivity index (χ1n) is 9.87. The lowest BCUT2D eigenvalue weighted by Gasteiger charge is -2.33. The van der Waals surface area contributed by atoms with Gasteiger partial charge in [-0.3, -0.25) is 4.90 Å². The molecule has 1 aromatic carbocycles. The van der Waals surface area contributed by atoms with Crippen LogP contribution in [0.15, 0.2) is 34.9 Å². The molecule has 3 heterocycles. The normalized spacial score (nSPS) is 25.0. The molecule has 4 rings (SSSR count). The van der Waals surface area contributed by atoms with Gasteiger partial charge in [-0.05, 0) is 32.9 Å². The summed E-state index contributed by atoms with van der Waals surface area (Å²) in [6.07, 6.45) is 2.45. The van der Waals surface area contributed by atoms with E-state index in [0.29, 0.717) is 32.8 Å². The summed E-state index contributed by atoms with van der Waals surface area (Å²) in [6.45, 7) is 7.91. The molecule has 2 aliphatic heterocycles. The van der Waals surface area contributed by atoms with E-state index in [0.717, 1.165) is 36.7 Å². The highest BCUT2D eigenvalue weighted by molar-refractivity contribution is 5.59. The molecule has 0 spiro atoms. The molecule has 0 aliphatic carbocycles. The third kappa shape index (κ3) is 4.76. The van der Waals surface area contributed by atoms with Crippen LogP contribution in [-0.4, -0.2) is 71.6 Å². The van der Waals surface area contributed by atoms with Crippen LogP contribution in [0.3, 0.4) is 0 Å². The third-order valence-electron chi connectivity index (χ3n) is 5.44. The average Bonchev–Trinajstić information content (AvgIpc) is 3.27. The van der Waals surface area contributed by atoms with Crippen molar-refractivity contribution in [3.63, 3.8) is 0 Å². The van der Waals surface area contributed by atoms with E-state index in [1.54, 1.807) is 0 Å². The summed E-state index contributed by atoms with van der Waals surface area (Å²) in [5, 5.41) is 15.3. The minimum absolute atomic E-state index is 0.394. The molecule has 27 heavy (non-hydrogen) atoms. The molecule has 0 radical (unpaired) electrons. The molecule has 2 aromatic rings. The third-order valence-corrected chi connectivity index (χ3v) is 5.44. The van der Waals surface area contributed by atoms with Gasteiger partial charge in [-0.2, -0.15) is 0 Å². The molecule has 0 unspecified atom stereocenters. The predicted molar refractivity (Wildman–Crippen MR) is 103 cm³/mol. The monoisotopic (exact) mass is 371 g/mol. The fourth-order valence-electron chi connectivity index (χ4n) is 4.05. The minimum atomic E-state index is -0.833. The van der Waals surface area contributed by atoms with Gasteiger partial charge in [-0.25, -0.2) is 0 Å². The first-order chi connectivity index (χ1) is 13.1. The number of nitrogens with zero attached hydrogens (tertiary/aromatic N) is 3. The van der Waals surface area contributed by atoms with Crippen molar-refractivity contribution in [1.29, 1.82) is 0 Å². The van der Waals surface area contributed by atoms with Crippen molar-refractivity contribution in [2.75, 3.05) is 45.9 Å². The topological polar surface area (TPSA) is 62.0 Å². The van der Waals surface area contributed by atoms with E-state index < -0.39 is 5.60 Å². The van der Waals surface area contributed by atoms with E-state index in [-0.39, 0.29) is 0 Å². The van der Waals surface area contributed by atoms with Crippen LogP contribution in [0.2, 0.25) is 0 Å². The Bertz CT molecular complexity index is 739. The number of aryl methyl sites for hydroxylation is 1. The number of β-amino-alcohol motifs (C(OH)–C–C–N with tert-alkyl or cyclic N) is 1. The Kier molecular flexibility index (Phi) is 5.59. The van der Waals surface area contributed by atoms with Gasteiger partial charge >= 0.3 is 0 Å². The lowest BCUT2D eigenvalue weighted by atomic mass is 10.0. The van der Waals surface area contributed by atoms with Gasteiger partial charge in [0.1, 0.15) is 11.3 Å². The van der Waals surface area contributed by atoms with Crippen LogP contribution in [0.4, 0.5) is 0 Å². The standard InChI is InChI=1S/C21H29N3O3/c1-17-4-6-18(7-5-17)20-12-19(27-22-20)13-24-10-11-26-16-21(25,15-24)14-23-8-2-3-9-23/h4-7,12,25H,2-3,8-11,13-16H2,1H3/t21-/m0/s1. The molecule has 0 saturated carbocycles. The van der Waals surface area contributed by atoms with E-state index in [1.807, 2.05) is 6.07 Å². The molecular weight excluding hydrogens is 342 g/mol. The van der Waals surface area contributed by atoms with Crippen LogP contribution in [0.5, 0.6) is 0 Å². The molecular formula is C21H29N3O3. The second kappa shape index (κ2) is 8.10. The van der Waals surface area contributed by atoms with Crippen molar-refractivity contribution in [2.45, 2.75) is 31.9 Å². The molecule has 0 bridgehead atoms. The lowest BCUT2D eigenvalue weighted by molar-refractivity contribution is -0.0552. The Balaban J connectivity index is 1.41. The Morgan fingerprint density at radius 2 is 1.89 bits per heavy atom. The second-order valence-corrected chi connectivity index (χ2v) is 8.02. The smallest absolute Gasteiger partial charge is 0.151 e. The van der Waals surface area contributed by atoms with Crippen LogP contribution in [0, 0.1) is 6.92 Å². The van der Waals surface area contributed by atoms with Gasteiger partial charge in [0.25, 0.3) is 0 Å². The van der Waals surface area contributed by atoms with Crippen molar-refractivity contribution in [2.24, 2.45) is 0 Å². The molecule has 6 heteroatoms. The van der Waals surface area contributed by atoms with Gasteiger partial charge < -0.3 is 19.3 Å². The zero-order valence-corrected chi connectivity index (χ0v) is 16.1. The maximum atomic E-state index is 11.1. The van der Waals surface area contributed by atoms with Crippen molar-refractivity contribution in [1.82, 2.24) is 15.0 Å². The van der Waals surface area contributed by atoms with Crippen molar-refractivity contribution in [3.05, 3.63) is 41.7 Å². The number of aliphatic hydroxyl groups is 1. The fraction of sp³-hybridized carbons (Fsp3) is 0.571. The van der Waals surface area contributed by atoms with Crippen molar-refractivity contribution >= 4 is 0 Å². The van der Waals surface area contributed by atoms with Gasteiger partial charge in [0.05, 0.1) is 19.8 Å². The zero-order valence-electron chi connectivity index (χ0n) is 16.1. The number of rotatable bonds is 5. The molecule has 1 atom stereocenters. The highest BCUT2D eigenvalue weighted by atomic mass is 16.5. The predicted octanol–water partition coefficient (Wildman–Crippen LogP) is 2.31. The molecule has 1 aromatic heterocycles. The van der Waals surface area contributed by atoms with E-state index in [4.69, 9.17) is 9.26 Å². The molecule has 2 saturated heterocycles. The minimum Gasteiger partial charge on any atom is -0.385 e. The van der Waals surface area contributed by atoms with Crippen LogP contribution in [-0.2, 0) is 11.3 Å². The number of likely N-dealkylation sites (tertiary alicyclic amines) is 1. The van der Waals surface area contributed by atoms with Crippen molar-refractivity contribution < 1.29 is 14.4 Å². The Hall–Kier alpha value is -1.73. The van der Waals surface area contributed by atoms with E-state index in [9.17, 15) is 5.11 Å². The molecule has 146 valence electrons. The summed E-state index contributed by atoms with van der Waals surface area (Å²) >= 11 is 0. The Morgan fingerprint density at radius 1 is 1.11 bits per heavy atom. The largest absolute Gasteiger partial charge is 0.385 e. The molecule has 0 amide bonds. The first-order valence-corrected chi connectivity index (χ1v) is 9.87. The number of ether oxygens (including phenoxy) is 1. The van der Waals surface area contributed by atoms with Gasteiger partial charge in [0.15, 0.2) is 5.76 Å². The molecule has 1 N–H and O–H groups in total. The highest BCUT2D eigenvalue weighted by Crippen LogP contribution is 2.22. The summed E-state index contributed by atoms with van der Waals surface area (Å²) in [4.78, 5) is 4.55. The number of hydrogen-bond acceptors (Lipinski definition) is 6. The summed E-state index contributed by atoms with van der Waals surface area (Å²) in [5.74, 6) is 0.816. The fourth-order valence-corrected chi connectivity index (χ4v) is 4.05. The summed E-state index contributed by atoms with van der Waals surface area (Å²) in [6, 6.07) is 10.3. The number of hydrogen-bond donors (Lipinski definition) is 1. The second-order valence-electron chi connectivity index (χ2n) is 8.02. The molecule has 2 fully saturated rings. The summed E-state index contributed by atoms with van der Waals surface area (Å²) < 4.78 is 11.3. The van der Waals surface area contributed by atoms with E-state index in [1.165, 1.54) is 18.4 Å². The Labute approximate surface area is 160 Å². The van der Waals surface area contributed by atoms with E-state index >= 15 is 0 Å². The quantitative estimate of drug-likeness (QED) is 0.870. The summed E-state index contributed by atoms with van der Waals surface area (Å²) in [7, 11) is 0. The van der Waals surface area contributed by atoms with Gasteiger partial charge in [0.2, 0.25) is 0 Å². The van der Waals surface area contributed by atoms with Crippen LogP contribution < -0.4 is 0 Å². The maximum Gasteiger partial charge on any atom is 0.151 e. The molecule has 6 nitrogen and oxygen atoms in total. The van der Waals surface area contributed by atoms with E-state index in [2.05, 4.69) is 46.1 Å². The van der Waals surface area contributed by atoms with Crippen molar-refractivity contribution in [3.8, 4) is 11.3 Å². The van der Waals surface area contributed by atoms with Gasteiger partial charge in [-0.1, -0.05) is 35.0 Å². The first kappa shape index (κ1) is 18.6. The SMILES string of the molecule is Cc1ccc(-c2cc(CN3CCOC[C@](O)(CN4CCCC4)C3)on2)cc1. The van der Waals surface area contributed by atoms with Gasteiger partial charge in [0, 0.05) is 31.3 Å². The maximum absolute atomic E-state index is 11.1. The highest BCUT2D eigenvalue weighted by Gasteiger charge is 2.35. The lowest BCUT2D eigenvalue weighted by Crippen LogP contribution is -2.51. The molecule has 2 aliphatic rings. The van der Waals surface area contributed by atoms with Crippen LogP contribution >= 0.6 is 0 Å². The van der Waals surface area contributed by atoms with Crippen LogP contribution in [0.1, 0.15) is 24.2 Å². The average molecular weight is 371 g/mol. The van der Waals surface area contributed by atoms with Crippen LogP contribution in [0.25, 0.3) is 11.3 Å².